The minimum Gasteiger partial charge on any atom is -0.460 e. The van der Waals surface area contributed by atoms with E-state index in [0.717, 1.165) is 17.9 Å². The number of thioether (sulfide) groups is 2. The standard InChI is InChI=1S/C15H28O3S2Si/c1-14(2,3)21(4,5)17-11-12-9-15(10-13(16)18-12)19-7-6-8-20-15/h12H,6-11H2,1-5H3/t12-/m1/s1. The number of ether oxygens (including phenoxy) is 1. The van der Waals surface area contributed by atoms with Crippen molar-refractivity contribution in [3.8, 4) is 0 Å². The van der Waals surface area contributed by atoms with E-state index in [1.165, 1.54) is 6.42 Å². The Morgan fingerprint density at radius 3 is 2.52 bits per heavy atom. The Kier molecular flexibility index (Phi) is 5.44. The maximum atomic E-state index is 12.0. The molecule has 21 heavy (non-hydrogen) atoms. The number of carbonyl (C=O) groups excluding carboxylic acids is 1. The third kappa shape index (κ3) is 4.42. The molecule has 2 heterocycles. The van der Waals surface area contributed by atoms with E-state index < -0.39 is 8.32 Å². The van der Waals surface area contributed by atoms with Crippen molar-refractivity contribution in [2.24, 2.45) is 0 Å². The number of rotatable bonds is 3. The number of hydrogen-bond acceptors (Lipinski definition) is 5. The highest BCUT2D eigenvalue weighted by atomic mass is 32.2. The van der Waals surface area contributed by atoms with Crippen molar-refractivity contribution in [1.29, 1.82) is 0 Å². The van der Waals surface area contributed by atoms with Crippen LogP contribution in [-0.2, 0) is 14.0 Å². The predicted octanol–water partition coefficient (Wildman–Crippen LogP) is 4.28. The minimum atomic E-state index is -1.78. The lowest BCUT2D eigenvalue weighted by atomic mass is 10.1. The van der Waals surface area contributed by atoms with Crippen LogP contribution in [0.2, 0.25) is 18.1 Å². The molecule has 1 spiro atoms. The summed E-state index contributed by atoms with van der Waals surface area (Å²) >= 11 is 3.90. The van der Waals surface area contributed by atoms with Gasteiger partial charge in [0.2, 0.25) is 0 Å². The van der Waals surface area contributed by atoms with Gasteiger partial charge in [0.25, 0.3) is 0 Å². The maximum absolute atomic E-state index is 12.0. The van der Waals surface area contributed by atoms with Gasteiger partial charge in [0.15, 0.2) is 8.32 Å². The lowest BCUT2D eigenvalue weighted by Gasteiger charge is -2.43. The van der Waals surface area contributed by atoms with Gasteiger partial charge in [0, 0.05) is 6.42 Å². The van der Waals surface area contributed by atoms with Crippen LogP contribution in [0.5, 0.6) is 0 Å². The van der Waals surface area contributed by atoms with Crippen molar-refractivity contribution in [3.63, 3.8) is 0 Å². The Balaban J connectivity index is 1.95. The Morgan fingerprint density at radius 2 is 1.95 bits per heavy atom. The van der Waals surface area contributed by atoms with E-state index in [0.29, 0.717) is 13.0 Å². The first-order valence-corrected chi connectivity index (χ1v) is 12.6. The van der Waals surface area contributed by atoms with Crippen LogP contribution in [0.15, 0.2) is 0 Å². The second-order valence-electron chi connectivity index (χ2n) is 7.53. The van der Waals surface area contributed by atoms with Crippen molar-refractivity contribution in [1.82, 2.24) is 0 Å². The average Bonchev–Trinajstić information content (AvgIpc) is 2.35. The van der Waals surface area contributed by atoms with Crippen LogP contribution >= 0.6 is 23.5 Å². The van der Waals surface area contributed by atoms with Crippen molar-refractivity contribution in [2.45, 2.75) is 68.3 Å². The number of esters is 1. The molecule has 2 fully saturated rings. The van der Waals surface area contributed by atoms with Crippen molar-refractivity contribution in [3.05, 3.63) is 0 Å². The summed E-state index contributed by atoms with van der Waals surface area (Å²) in [6, 6.07) is 0. The van der Waals surface area contributed by atoms with Crippen molar-refractivity contribution >= 4 is 37.8 Å². The van der Waals surface area contributed by atoms with Crippen molar-refractivity contribution in [2.75, 3.05) is 18.1 Å². The fourth-order valence-electron chi connectivity index (χ4n) is 2.36. The first kappa shape index (κ1) is 17.7. The summed E-state index contributed by atoms with van der Waals surface area (Å²) in [6.45, 7) is 11.8. The highest BCUT2D eigenvalue weighted by Gasteiger charge is 2.45. The molecule has 2 saturated heterocycles. The SMILES string of the molecule is CC(C)(C)[Si](C)(C)OC[C@H]1CC2(CC(=O)O1)SCCCS2. The van der Waals surface area contributed by atoms with Crippen LogP contribution in [0.25, 0.3) is 0 Å². The third-order valence-corrected chi connectivity index (χ3v) is 12.6. The van der Waals surface area contributed by atoms with E-state index in [2.05, 4.69) is 33.9 Å². The molecule has 0 saturated carbocycles. The largest absolute Gasteiger partial charge is 0.460 e. The second-order valence-corrected chi connectivity index (χ2v) is 15.5. The van der Waals surface area contributed by atoms with E-state index in [1.807, 2.05) is 23.5 Å². The molecule has 0 aromatic rings. The molecule has 0 bridgehead atoms. The highest BCUT2D eigenvalue weighted by molar-refractivity contribution is 8.18. The van der Waals surface area contributed by atoms with E-state index in [4.69, 9.17) is 9.16 Å². The molecule has 0 aromatic carbocycles. The van der Waals surface area contributed by atoms with Gasteiger partial charge in [0.1, 0.15) is 6.10 Å². The third-order valence-electron chi connectivity index (χ3n) is 4.71. The molecule has 1 atom stereocenters. The fraction of sp³-hybridized carbons (Fsp3) is 0.933. The van der Waals surface area contributed by atoms with Crippen LogP contribution in [-0.4, -0.2) is 42.6 Å². The zero-order valence-corrected chi connectivity index (χ0v) is 16.5. The van der Waals surface area contributed by atoms with Gasteiger partial charge < -0.3 is 9.16 Å². The smallest absolute Gasteiger partial charge is 0.308 e. The number of carbonyl (C=O) groups is 1. The number of hydrogen-bond donors (Lipinski definition) is 0. The Bertz CT molecular complexity index is 387. The Morgan fingerprint density at radius 1 is 1.33 bits per heavy atom. The lowest BCUT2D eigenvalue weighted by molar-refractivity contribution is -0.155. The molecule has 3 nitrogen and oxygen atoms in total. The molecule has 0 aromatic heterocycles. The fourth-order valence-corrected chi connectivity index (χ4v) is 6.78. The molecule has 0 aliphatic carbocycles. The molecule has 2 aliphatic heterocycles. The monoisotopic (exact) mass is 348 g/mol. The van der Waals surface area contributed by atoms with E-state index in [-0.39, 0.29) is 21.2 Å². The van der Waals surface area contributed by atoms with Crippen LogP contribution in [0, 0.1) is 0 Å². The molecular weight excluding hydrogens is 320 g/mol. The summed E-state index contributed by atoms with van der Waals surface area (Å²) in [6.07, 6.45) is 2.66. The zero-order chi connectivity index (χ0) is 15.7. The van der Waals surface area contributed by atoms with E-state index in [9.17, 15) is 4.79 Å². The van der Waals surface area contributed by atoms with Crippen LogP contribution < -0.4 is 0 Å². The van der Waals surface area contributed by atoms with E-state index in [1.54, 1.807) is 0 Å². The molecular formula is C15H28O3S2Si. The molecule has 122 valence electrons. The van der Waals surface area contributed by atoms with Crippen LogP contribution in [0.3, 0.4) is 0 Å². The molecule has 2 aliphatic rings. The minimum absolute atomic E-state index is 0.0491. The van der Waals surface area contributed by atoms with Gasteiger partial charge in [0.05, 0.1) is 17.1 Å². The quantitative estimate of drug-likeness (QED) is 0.562. The summed E-state index contributed by atoms with van der Waals surface area (Å²) in [4.78, 5) is 12.0. The summed E-state index contributed by atoms with van der Waals surface area (Å²) in [5, 5.41) is 0.192. The Hall–Kier alpha value is 0.347. The summed E-state index contributed by atoms with van der Waals surface area (Å²) in [7, 11) is -1.78. The van der Waals surface area contributed by atoms with Gasteiger partial charge in [-0.2, -0.15) is 0 Å². The predicted molar refractivity (Wildman–Crippen MR) is 94.5 cm³/mol. The van der Waals surface area contributed by atoms with E-state index >= 15 is 0 Å². The van der Waals surface area contributed by atoms with Crippen molar-refractivity contribution < 1.29 is 14.0 Å². The molecule has 0 N–H and O–H groups in total. The molecule has 0 unspecified atom stereocenters. The first-order chi connectivity index (χ1) is 9.64. The van der Waals surface area contributed by atoms with Gasteiger partial charge in [-0.3, -0.25) is 4.79 Å². The second kappa shape index (κ2) is 6.46. The van der Waals surface area contributed by atoms with Gasteiger partial charge in [-0.25, -0.2) is 0 Å². The molecule has 2 rings (SSSR count). The molecule has 0 radical (unpaired) electrons. The number of cyclic esters (lactones) is 1. The lowest BCUT2D eigenvalue weighted by Crippen LogP contribution is -2.47. The van der Waals surface area contributed by atoms with Crippen LogP contribution in [0.1, 0.15) is 40.0 Å². The highest BCUT2D eigenvalue weighted by Crippen LogP contribution is 2.50. The summed E-state index contributed by atoms with van der Waals surface area (Å²) in [5.74, 6) is 2.28. The Labute approximate surface area is 138 Å². The topological polar surface area (TPSA) is 35.5 Å². The first-order valence-electron chi connectivity index (χ1n) is 7.75. The van der Waals surface area contributed by atoms with Gasteiger partial charge >= 0.3 is 5.97 Å². The molecule has 6 heteroatoms. The zero-order valence-electron chi connectivity index (χ0n) is 13.9. The van der Waals surface area contributed by atoms with Crippen LogP contribution in [0.4, 0.5) is 0 Å². The summed E-state index contributed by atoms with van der Waals surface area (Å²) in [5.41, 5.74) is 0. The normalized spacial score (nSPS) is 26.7. The average molecular weight is 349 g/mol. The molecule has 0 amide bonds. The van der Waals surface area contributed by atoms with Gasteiger partial charge in [-0.15, -0.1) is 23.5 Å². The maximum Gasteiger partial charge on any atom is 0.308 e. The van der Waals surface area contributed by atoms with Gasteiger partial charge in [-0.1, -0.05) is 20.8 Å². The van der Waals surface area contributed by atoms with Gasteiger partial charge in [-0.05, 0) is 36.1 Å². The summed E-state index contributed by atoms with van der Waals surface area (Å²) < 4.78 is 11.9.